The zero-order valence-corrected chi connectivity index (χ0v) is 8.91. The average Bonchev–Trinajstić information content (AvgIpc) is 2.34. The molecule has 72 valence electrons. The lowest BCUT2D eigenvalue weighted by Gasteiger charge is -1.98. The Labute approximate surface area is 90.2 Å². The maximum Gasteiger partial charge on any atom is 0.0108 e. The summed E-state index contributed by atoms with van der Waals surface area (Å²) in [6, 6.07) is 20.8. The highest BCUT2D eigenvalue weighted by molar-refractivity contribution is 6.15. The molecule has 0 unspecified atom stereocenters. The summed E-state index contributed by atoms with van der Waals surface area (Å²) in [6.45, 7) is 0. The van der Waals surface area contributed by atoms with Crippen LogP contribution in [-0.2, 0) is 0 Å². The summed E-state index contributed by atoms with van der Waals surface area (Å²) in [4.78, 5) is 0. The fourth-order valence-corrected chi connectivity index (χ4v) is 1.26. The van der Waals surface area contributed by atoms with Gasteiger partial charge in [0, 0.05) is 6.38 Å². The first-order valence-corrected chi connectivity index (χ1v) is 5.21. The van der Waals surface area contributed by atoms with Crippen molar-refractivity contribution in [2.45, 2.75) is 0 Å². The number of halogens is 1. The molecular formula is C13H13Cl. The van der Waals surface area contributed by atoms with Crippen LogP contribution in [0.3, 0.4) is 0 Å². The molecule has 0 fully saturated rings. The van der Waals surface area contributed by atoms with E-state index < -0.39 is 0 Å². The van der Waals surface area contributed by atoms with Gasteiger partial charge in [-0.1, -0.05) is 60.7 Å². The van der Waals surface area contributed by atoms with Gasteiger partial charge < -0.3 is 0 Å². The van der Waals surface area contributed by atoms with E-state index in [1.165, 1.54) is 17.5 Å². The molecule has 0 bridgehead atoms. The highest BCUT2D eigenvalue weighted by Gasteiger charge is 1.91. The first-order chi connectivity index (χ1) is 6.97. The van der Waals surface area contributed by atoms with Crippen molar-refractivity contribution >= 4 is 11.6 Å². The molecule has 0 aliphatic heterocycles. The molecule has 0 saturated carbocycles. The van der Waals surface area contributed by atoms with Crippen molar-refractivity contribution in [3.05, 3.63) is 60.7 Å². The predicted molar refractivity (Wildman–Crippen MR) is 63.7 cm³/mol. The summed E-state index contributed by atoms with van der Waals surface area (Å²) in [7, 11) is 0. The van der Waals surface area contributed by atoms with E-state index in [-0.39, 0.29) is 0 Å². The van der Waals surface area contributed by atoms with Gasteiger partial charge in [-0.3, -0.25) is 0 Å². The topological polar surface area (TPSA) is 0 Å². The minimum absolute atomic E-state index is 1.28. The SMILES string of the molecule is CCl.c1ccc(-c2ccccc2)cc1. The maximum atomic E-state index is 4.64. The van der Waals surface area contributed by atoms with Gasteiger partial charge in [-0.2, -0.15) is 0 Å². The van der Waals surface area contributed by atoms with Crippen molar-refractivity contribution in [2.75, 3.05) is 6.38 Å². The summed E-state index contributed by atoms with van der Waals surface area (Å²) in [5, 5.41) is 0. The second-order valence-electron chi connectivity index (χ2n) is 2.73. The van der Waals surface area contributed by atoms with Gasteiger partial charge in [0.15, 0.2) is 0 Å². The van der Waals surface area contributed by atoms with Crippen LogP contribution in [0.5, 0.6) is 0 Å². The Morgan fingerprint density at radius 1 is 0.571 bits per heavy atom. The molecule has 0 aliphatic carbocycles. The molecule has 0 heterocycles. The Kier molecular flexibility index (Phi) is 4.81. The molecule has 0 radical (unpaired) electrons. The molecule has 14 heavy (non-hydrogen) atoms. The van der Waals surface area contributed by atoms with E-state index in [0.717, 1.165) is 0 Å². The first-order valence-electron chi connectivity index (χ1n) is 4.45. The molecular weight excluding hydrogens is 192 g/mol. The third-order valence-corrected chi connectivity index (χ3v) is 1.88. The largest absolute Gasteiger partial charge is 0.130 e. The van der Waals surface area contributed by atoms with E-state index in [1.54, 1.807) is 0 Å². The standard InChI is InChI=1S/C12H10.CH3Cl/c1-3-7-11(8-4-1)12-9-5-2-6-10-12;1-2/h1-10H;1H3. The lowest BCUT2D eigenvalue weighted by molar-refractivity contribution is 1.62. The number of hydrogen-bond acceptors (Lipinski definition) is 0. The maximum absolute atomic E-state index is 4.64. The van der Waals surface area contributed by atoms with Crippen molar-refractivity contribution in [3.63, 3.8) is 0 Å². The summed E-state index contributed by atoms with van der Waals surface area (Å²) < 4.78 is 0. The Bertz CT molecular complexity index is 303. The van der Waals surface area contributed by atoms with Gasteiger partial charge in [0.1, 0.15) is 0 Å². The van der Waals surface area contributed by atoms with Crippen LogP contribution in [0.25, 0.3) is 11.1 Å². The minimum atomic E-state index is 1.28. The van der Waals surface area contributed by atoms with Gasteiger partial charge in [0.2, 0.25) is 0 Å². The molecule has 0 spiro atoms. The highest BCUT2D eigenvalue weighted by atomic mass is 35.5. The zero-order valence-electron chi connectivity index (χ0n) is 8.15. The van der Waals surface area contributed by atoms with Crippen LogP contribution >= 0.6 is 11.6 Å². The van der Waals surface area contributed by atoms with Gasteiger partial charge in [0.05, 0.1) is 0 Å². The average molecular weight is 205 g/mol. The van der Waals surface area contributed by atoms with Gasteiger partial charge in [0.25, 0.3) is 0 Å². The van der Waals surface area contributed by atoms with Crippen LogP contribution in [0.1, 0.15) is 0 Å². The van der Waals surface area contributed by atoms with Crippen LogP contribution in [0.15, 0.2) is 60.7 Å². The van der Waals surface area contributed by atoms with Crippen LogP contribution < -0.4 is 0 Å². The van der Waals surface area contributed by atoms with Crippen LogP contribution in [0.2, 0.25) is 0 Å². The van der Waals surface area contributed by atoms with Crippen molar-refractivity contribution < 1.29 is 0 Å². The summed E-state index contributed by atoms with van der Waals surface area (Å²) in [6.07, 6.45) is 1.47. The Balaban J connectivity index is 0.000000461. The molecule has 0 amide bonds. The lowest BCUT2D eigenvalue weighted by atomic mass is 10.1. The monoisotopic (exact) mass is 204 g/mol. The Morgan fingerprint density at radius 3 is 1.14 bits per heavy atom. The molecule has 0 aliphatic rings. The molecule has 1 heteroatoms. The molecule has 0 nitrogen and oxygen atoms in total. The summed E-state index contributed by atoms with van der Waals surface area (Å²) >= 11 is 4.64. The van der Waals surface area contributed by atoms with Crippen LogP contribution in [-0.4, -0.2) is 6.38 Å². The van der Waals surface area contributed by atoms with Crippen molar-refractivity contribution in [1.29, 1.82) is 0 Å². The highest BCUT2D eigenvalue weighted by Crippen LogP contribution is 2.17. The molecule has 0 saturated heterocycles. The van der Waals surface area contributed by atoms with Gasteiger partial charge in [-0.05, 0) is 11.1 Å². The zero-order chi connectivity index (χ0) is 10.2. The summed E-state index contributed by atoms with van der Waals surface area (Å²) in [5.74, 6) is 0. The molecule has 2 aromatic rings. The Morgan fingerprint density at radius 2 is 0.857 bits per heavy atom. The van der Waals surface area contributed by atoms with Gasteiger partial charge in [-0.25, -0.2) is 0 Å². The minimum Gasteiger partial charge on any atom is -0.130 e. The lowest BCUT2D eigenvalue weighted by Crippen LogP contribution is -1.73. The quantitative estimate of drug-likeness (QED) is 0.611. The van der Waals surface area contributed by atoms with E-state index in [4.69, 9.17) is 0 Å². The van der Waals surface area contributed by atoms with Crippen molar-refractivity contribution in [1.82, 2.24) is 0 Å². The second-order valence-corrected chi connectivity index (χ2v) is 2.73. The van der Waals surface area contributed by atoms with Crippen LogP contribution in [0.4, 0.5) is 0 Å². The number of alkyl halides is 1. The Hall–Kier alpha value is -1.27. The molecule has 2 rings (SSSR count). The van der Waals surface area contributed by atoms with Gasteiger partial charge >= 0.3 is 0 Å². The van der Waals surface area contributed by atoms with Crippen molar-refractivity contribution in [2.24, 2.45) is 0 Å². The first kappa shape index (κ1) is 10.8. The summed E-state index contributed by atoms with van der Waals surface area (Å²) in [5.41, 5.74) is 2.55. The molecule has 0 aromatic heterocycles. The van der Waals surface area contributed by atoms with Gasteiger partial charge in [-0.15, -0.1) is 11.6 Å². The number of hydrogen-bond donors (Lipinski definition) is 0. The van der Waals surface area contributed by atoms with E-state index in [1.807, 2.05) is 12.1 Å². The third-order valence-electron chi connectivity index (χ3n) is 1.88. The van der Waals surface area contributed by atoms with E-state index >= 15 is 0 Å². The fraction of sp³-hybridized carbons (Fsp3) is 0.0769. The number of rotatable bonds is 1. The van der Waals surface area contributed by atoms with Crippen LogP contribution in [0, 0.1) is 0 Å². The smallest absolute Gasteiger partial charge is 0.0108 e. The molecule has 0 atom stereocenters. The van der Waals surface area contributed by atoms with E-state index in [9.17, 15) is 0 Å². The molecule has 0 N–H and O–H groups in total. The molecule has 2 aromatic carbocycles. The fourth-order valence-electron chi connectivity index (χ4n) is 1.26. The van der Waals surface area contributed by atoms with E-state index in [2.05, 4.69) is 60.1 Å². The third kappa shape index (κ3) is 2.90. The number of benzene rings is 2. The normalized spacial score (nSPS) is 8.71. The predicted octanol–water partition coefficient (Wildman–Crippen LogP) is 4.21. The second kappa shape index (κ2) is 6.22. The van der Waals surface area contributed by atoms with Crippen molar-refractivity contribution in [3.8, 4) is 11.1 Å². The van der Waals surface area contributed by atoms with E-state index in [0.29, 0.717) is 0 Å².